The molecule has 0 saturated carbocycles. The lowest BCUT2D eigenvalue weighted by Gasteiger charge is -2.17. The molecule has 102 valence electrons. The topological polar surface area (TPSA) is 21.3 Å². The van der Waals surface area contributed by atoms with E-state index < -0.39 is 0 Å². The Kier molecular flexibility index (Phi) is 8.53. The molecule has 0 radical (unpaired) electrons. The van der Waals surface area contributed by atoms with Gasteiger partial charge in [0, 0.05) is 13.2 Å². The number of nitrogens with one attached hydrogen (secondary N) is 1. The van der Waals surface area contributed by atoms with E-state index in [0.29, 0.717) is 5.92 Å². The zero-order valence-electron chi connectivity index (χ0n) is 11.8. The maximum absolute atomic E-state index is 5.42. The fourth-order valence-electron chi connectivity index (χ4n) is 2.19. The molecule has 0 aromatic heterocycles. The second-order valence-corrected chi connectivity index (χ2v) is 4.70. The van der Waals surface area contributed by atoms with Crippen LogP contribution >= 0.6 is 0 Å². The summed E-state index contributed by atoms with van der Waals surface area (Å²) in [5.41, 5.74) is 1.44. The Hall–Kier alpha value is -0.860. The van der Waals surface area contributed by atoms with E-state index in [1.165, 1.54) is 18.4 Å². The van der Waals surface area contributed by atoms with E-state index in [9.17, 15) is 0 Å². The highest BCUT2D eigenvalue weighted by atomic mass is 16.5. The molecule has 18 heavy (non-hydrogen) atoms. The molecule has 0 amide bonds. The van der Waals surface area contributed by atoms with Gasteiger partial charge in [-0.15, -0.1) is 0 Å². The van der Waals surface area contributed by atoms with Gasteiger partial charge in [0.1, 0.15) is 0 Å². The van der Waals surface area contributed by atoms with Crippen LogP contribution in [0.4, 0.5) is 0 Å². The first kappa shape index (κ1) is 15.2. The second kappa shape index (κ2) is 10.1. The number of rotatable bonds is 10. The first-order valence-electron chi connectivity index (χ1n) is 7.19. The van der Waals surface area contributed by atoms with Gasteiger partial charge in [0.2, 0.25) is 0 Å². The minimum absolute atomic E-state index is 0.716. The summed E-state index contributed by atoms with van der Waals surface area (Å²) in [5.74, 6) is 0.716. The lowest BCUT2D eigenvalue weighted by molar-refractivity contribution is 0.139. The Morgan fingerprint density at radius 2 is 1.94 bits per heavy atom. The summed E-state index contributed by atoms with van der Waals surface area (Å²) in [6, 6.07) is 10.8. The monoisotopic (exact) mass is 249 g/mol. The van der Waals surface area contributed by atoms with Gasteiger partial charge in [-0.25, -0.2) is 0 Å². The van der Waals surface area contributed by atoms with Crippen molar-refractivity contribution in [2.75, 3.05) is 26.3 Å². The van der Waals surface area contributed by atoms with Gasteiger partial charge in [0.25, 0.3) is 0 Å². The van der Waals surface area contributed by atoms with Crippen LogP contribution in [0.5, 0.6) is 0 Å². The standard InChI is InChI=1S/C16H27NO/c1-3-17-14-16(11-8-12-18-4-2)13-15-9-6-5-7-10-15/h5-7,9-10,16-17H,3-4,8,11-14H2,1-2H3. The number of benzene rings is 1. The van der Waals surface area contributed by atoms with Gasteiger partial charge in [-0.2, -0.15) is 0 Å². The van der Waals surface area contributed by atoms with Crippen molar-refractivity contribution in [3.05, 3.63) is 35.9 Å². The molecule has 1 N–H and O–H groups in total. The fraction of sp³-hybridized carbons (Fsp3) is 0.625. The SMILES string of the molecule is CCNCC(CCCOCC)Cc1ccccc1. The Labute approximate surface area is 112 Å². The zero-order chi connectivity index (χ0) is 13.1. The molecule has 1 aromatic rings. The largest absolute Gasteiger partial charge is 0.382 e. The minimum atomic E-state index is 0.716. The maximum Gasteiger partial charge on any atom is 0.0466 e. The van der Waals surface area contributed by atoms with Crippen molar-refractivity contribution in [2.45, 2.75) is 33.1 Å². The number of hydrogen-bond donors (Lipinski definition) is 1. The molecule has 1 aromatic carbocycles. The van der Waals surface area contributed by atoms with Gasteiger partial charge < -0.3 is 10.1 Å². The van der Waals surface area contributed by atoms with Crippen LogP contribution in [0.3, 0.4) is 0 Å². The van der Waals surface area contributed by atoms with Crippen LogP contribution in [0.2, 0.25) is 0 Å². The summed E-state index contributed by atoms with van der Waals surface area (Å²) < 4.78 is 5.42. The van der Waals surface area contributed by atoms with Gasteiger partial charge in [0.15, 0.2) is 0 Å². The van der Waals surface area contributed by atoms with Crippen LogP contribution in [0, 0.1) is 5.92 Å². The normalized spacial score (nSPS) is 12.6. The third-order valence-corrected chi connectivity index (χ3v) is 3.16. The Morgan fingerprint density at radius 3 is 2.61 bits per heavy atom. The van der Waals surface area contributed by atoms with Gasteiger partial charge in [-0.3, -0.25) is 0 Å². The highest BCUT2D eigenvalue weighted by molar-refractivity contribution is 5.15. The van der Waals surface area contributed by atoms with E-state index in [0.717, 1.165) is 32.7 Å². The van der Waals surface area contributed by atoms with Gasteiger partial charge in [0.05, 0.1) is 0 Å². The zero-order valence-corrected chi connectivity index (χ0v) is 11.8. The van der Waals surface area contributed by atoms with Crippen LogP contribution in [0.15, 0.2) is 30.3 Å². The molecule has 0 bridgehead atoms. The summed E-state index contributed by atoms with van der Waals surface area (Å²) in [7, 11) is 0. The Balaban J connectivity index is 2.35. The van der Waals surface area contributed by atoms with E-state index in [1.807, 2.05) is 0 Å². The molecule has 0 saturated heterocycles. The van der Waals surface area contributed by atoms with E-state index in [2.05, 4.69) is 49.5 Å². The third kappa shape index (κ3) is 6.77. The van der Waals surface area contributed by atoms with Crippen molar-refractivity contribution in [1.29, 1.82) is 0 Å². The molecule has 0 spiro atoms. The highest BCUT2D eigenvalue weighted by Gasteiger charge is 2.09. The first-order chi connectivity index (χ1) is 8.86. The van der Waals surface area contributed by atoms with Crippen molar-refractivity contribution in [3.8, 4) is 0 Å². The average Bonchev–Trinajstić information content (AvgIpc) is 2.41. The van der Waals surface area contributed by atoms with Crippen molar-refractivity contribution in [2.24, 2.45) is 5.92 Å². The van der Waals surface area contributed by atoms with Gasteiger partial charge in [-0.05, 0) is 50.8 Å². The first-order valence-corrected chi connectivity index (χ1v) is 7.19. The molecule has 0 fully saturated rings. The molecule has 2 nitrogen and oxygen atoms in total. The summed E-state index contributed by atoms with van der Waals surface area (Å²) in [5, 5.41) is 3.47. The van der Waals surface area contributed by atoms with Crippen LogP contribution in [-0.4, -0.2) is 26.3 Å². The molecule has 1 rings (SSSR count). The second-order valence-electron chi connectivity index (χ2n) is 4.70. The predicted octanol–water partition coefficient (Wildman–Crippen LogP) is 3.27. The molecule has 0 aliphatic heterocycles. The molecule has 1 unspecified atom stereocenters. The highest BCUT2D eigenvalue weighted by Crippen LogP contribution is 2.13. The molecule has 1 atom stereocenters. The fourth-order valence-corrected chi connectivity index (χ4v) is 2.19. The summed E-state index contributed by atoms with van der Waals surface area (Å²) >= 11 is 0. The van der Waals surface area contributed by atoms with Crippen molar-refractivity contribution in [3.63, 3.8) is 0 Å². The smallest absolute Gasteiger partial charge is 0.0466 e. The molecule has 0 aliphatic carbocycles. The minimum Gasteiger partial charge on any atom is -0.382 e. The van der Waals surface area contributed by atoms with E-state index in [4.69, 9.17) is 4.74 Å². The lowest BCUT2D eigenvalue weighted by atomic mass is 9.95. The summed E-state index contributed by atoms with van der Waals surface area (Å²) in [4.78, 5) is 0. The summed E-state index contributed by atoms with van der Waals surface area (Å²) in [6.07, 6.45) is 3.57. The van der Waals surface area contributed by atoms with E-state index in [-0.39, 0.29) is 0 Å². The lowest BCUT2D eigenvalue weighted by Crippen LogP contribution is -2.24. The Morgan fingerprint density at radius 1 is 1.17 bits per heavy atom. The molecular weight excluding hydrogens is 222 g/mol. The van der Waals surface area contributed by atoms with Crippen LogP contribution in [-0.2, 0) is 11.2 Å². The van der Waals surface area contributed by atoms with Gasteiger partial charge in [-0.1, -0.05) is 37.3 Å². The van der Waals surface area contributed by atoms with Crippen LogP contribution < -0.4 is 5.32 Å². The van der Waals surface area contributed by atoms with Gasteiger partial charge >= 0.3 is 0 Å². The van der Waals surface area contributed by atoms with Crippen molar-refractivity contribution < 1.29 is 4.74 Å². The molecule has 0 heterocycles. The molecule has 0 aliphatic rings. The predicted molar refractivity (Wildman–Crippen MR) is 77.9 cm³/mol. The maximum atomic E-state index is 5.42. The molecular formula is C16H27NO. The summed E-state index contributed by atoms with van der Waals surface area (Å²) in [6.45, 7) is 8.11. The third-order valence-electron chi connectivity index (χ3n) is 3.16. The van der Waals surface area contributed by atoms with E-state index >= 15 is 0 Å². The Bertz CT molecular complexity index is 286. The van der Waals surface area contributed by atoms with Crippen molar-refractivity contribution >= 4 is 0 Å². The average molecular weight is 249 g/mol. The van der Waals surface area contributed by atoms with E-state index in [1.54, 1.807) is 0 Å². The number of ether oxygens (including phenoxy) is 1. The van der Waals surface area contributed by atoms with Crippen LogP contribution in [0.25, 0.3) is 0 Å². The quantitative estimate of drug-likeness (QED) is 0.643. The van der Waals surface area contributed by atoms with Crippen LogP contribution in [0.1, 0.15) is 32.3 Å². The van der Waals surface area contributed by atoms with Crippen molar-refractivity contribution in [1.82, 2.24) is 5.32 Å². The molecule has 2 heteroatoms. The number of hydrogen-bond acceptors (Lipinski definition) is 2.